The Morgan fingerprint density at radius 3 is 2.64 bits per heavy atom. The van der Waals surface area contributed by atoms with Gasteiger partial charge in [-0.3, -0.25) is 4.79 Å². The van der Waals surface area contributed by atoms with E-state index in [1.165, 1.54) is 6.92 Å². The Morgan fingerprint density at radius 2 is 2.27 bits per heavy atom. The molecule has 0 radical (unpaired) electrons. The maximum atomic E-state index is 10.5. The van der Waals surface area contributed by atoms with Gasteiger partial charge in [-0.05, 0) is 12.5 Å². The molecule has 0 spiro atoms. The van der Waals surface area contributed by atoms with E-state index in [1.807, 2.05) is 13.0 Å². The number of allylic oxidation sites excluding steroid dienone is 2. The SMILES string of the molecule is CC/C=C/C(=C\Br)OC(C)=O. The van der Waals surface area contributed by atoms with E-state index in [9.17, 15) is 4.79 Å². The first-order valence-electron chi connectivity index (χ1n) is 3.36. The highest BCUT2D eigenvalue weighted by Gasteiger charge is 1.94. The van der Waals surface area contributed by atoms with Gasteiger partial charge in [-0.15, -0.1) is 0 Å². The summed E-state index contributed by atoms with van der Waals surface area (Å²) in [5.74, 6) is 0.218. The Bertz CT molecular complexity index is 183. The van der Waals surface area contributed by atoms with Crippen LogP contribution in [0, 0.1) is 0 Å². The van der Waals surface area contributed by atoms with Crippen molar-refractivity contribution < 1.29 is 9.53 Å². The van der Waals surface area contributed by atoms with Crippen LogP contribution in [0.3, 0.4) is 0 Å². The van der Waals surface area contributed by atoms with Crippen LogP contribution >= 0.6 is 15.9 Å². The molecule has 0 N–H and O–H groups in total. The molecule has 0 unspecified atom stereocenters. The Kier molecular flexibility index (Phi) is 5.84. The van der Waals surface area contributed by atoms with E-state index in [1.54, 1.807) is 11.1 Å². The average molecular weight is 219 g/mol. The molecule has 2 nitrogen and oxygen atoms in total. The predicted molar refractivity (Wildman–Crippen MR) is 48.2 cm³/mol. The van der Waals surface area contributed by atoms with E-state index in [2.05, 4.69) is 15.9 Å². The third-order valence-corrected chi connectivity index (χ3v) is 1.34. The standard InChI is InChI=1S/C8H11BrO2/c1-3-4-5-8(6-9)11-7(2)10/h4-6H,3H2,1-2H3/b5-4+,8-6+. The van der Waals surface area contributed by atoms with E-state index in [4.69, 9.17) is 4.74 Å². The van der Waals surface area contributed by atoms with E-state index in [0.717, 1.165) is 6.42 Å². The van der Waals surface area contributed by atoms with Crippen molar-refractivity contribution in [1.82, 2.24) is 0 Å². The van der Waals surface area contributed by atoms with Crippen molar-refractivity contribution in [3.8, 4) is 0 Å². The van der Waals surface area contributed by atoms with Gasteiger partial charge in [0, 0.05) is 11.9 Å². The van der Waals surface area contributed by atoms with E-state index < -0.39 is 0 Å². The minimum atomic E-state index is -0.309. The monoisotopic (exact) mass is 218 g/mol. The molecule has 0 bridgehead atoms. The van der Waals surface area contributed by atoms with E-state index >= 15 is 0 Å². The molecule has 0 aromatic rings. The Hall–Kier alpha value is -0.570. The fourth-order valence-corrected chi connectivity index (χ4v) is 0.739. The smallest absolute Gasteiger partial charge is 0.308 e. The minimum Gasteiger partial charge on any atom is -0.426 e. The van der Waals surface area contributed by atoms with Gasteiger partial charge in [-0.2, -0.15) is 0 Å². The highest BCUT2D eigenvalue weighted by Crippen LogP contribution is 2.03. The highest BCUT2D eigenvalue weighted by molar-refractivity contribution is 9.11. The summed E-state index contributed by atoms with van der Waals surface area (Å²) in [6, 6.07) is 0. The molecule has 0 aromatic heterocycles. The van der Waals surface area contributed by atoms with Crippen molar-refractivity contribution in [2.75, 3.05) is 0 Å². The summed E-state index contributed by atoms with van der Waals surface area (Å²) in [6.07, 6.45) is 4.58. The molecule has 0 aromatic carbocycles. The van der Waals surface area contributed by atoms with Crippen molar-refractivity contribution in [2.24, 2.45) is 0 Å². The average Bonchev–Trinajstić information content (AvgIpc) is 1.97. The van der Waals surface area contributed by atoms with Gasteiger partial charge >= 0.3 is 5.97 Å². The molecule has 0 saturated heterocycles. The van der Waals surface area contributed by atoms with Gasteiger partial charge < -0.3 is 4.74 Å². The van der Waals surface area contributed by atoms with Gasteiger partial charge in [0.05, 0.1) is 0 Å². The van der Waals surface area contributed by atoms with E-state index in [0.29, 0.717) is 5.76 Å². The number of carbonyl (C=O) groups is 1. The molecule has 0 atom stereocenters. The maximum Gasteiger partial charge on any atom is 0.308 e. The van der Waals surface area contributed by atoms with Gasteiger partial charge in [0.25, 0.3) is 0 Å². The zero-order valence-corrected chi connectivity index (χ0v) is 8.22. The molecule has 11 heavy (non-hydrogen) atoms. The van der Waals surface area contributed by atoms with Gasteiger partial charge in [-0.1, -0.05) is 28.9 Å². The molecular weight excluding hydrogens is 208 g/mol. The van der Waals surface area contributed by atoms with Crippen LogP contribution in [0.2, 0.25) is 0 Å². The molecule has 0 aliphatic heterocycles. The highest BCUT2D eigenvalue weighted by atomic mass is 79.9. The molecule has 0 aliphatic rings. The second-order valence-corrected chi connectivity index (χ2v) is 2.37. The summed E-state index contributed by atoms with van der Waals surface area (Å²) < 4.78 is 4.79. The fourth-order valence-electron chi connectivity index (χ4n) is 0.493. The lowest BCUT2D eigenvalue weighted by Gasteiger charge is -1.98. The summed E-state index contributed by atoms with van der Waals surface area (Å²) in [7, 11) is 0. The van der Waals surface area contributed by atoms with Gasteiger partial charge in [-0.25, -0.2) is 0 Å². The number of esters is 1. The van der Waals surface area contributed by atoms with Gasteiger partial charge in [0.2, 0.25) is 0 Å². The second kappa shape index (κ2) is 6.16. The zero-order valence-electron chi connectivity index (χ0n) is 6.63. The summed E-state index contributed by atoms with van der Waals surface area (Å²) in [5.41, 5.74) is 0. The van der Waals surface area contributed by atoms with Crippen molar-refractivity contribution >= 4 is 21.9 Å². The summed E-state index contributed by atoms with van der Waals surface area (Å²) in [6.45, 7) is 3.38. The first kappa shape index (κ1) is 10.4. The normalized spacial score (nSPS) is 12.1. The lowest BCUT2D eigenvalue weighted by molar-refractivity contribution is -0.136. The Morgan fingerprint density at radius 1 is 1.64 bits per heavy atom. The third kappa shape index (κ3) is 5.85. The predicted octanol–water partition coefficient (Wildman–Crippen LogP) is 2.75. The van der Waals surface area contributed by atoms with Gasteiger partial charge in [0.15, 0.2) is 0 Å². The fraction of sp³-hybridized carbons (Fsp3) is 0.375. The Labute approximate surface area is 75.1 Å². The third-order valence-electron chi connectivity index (χ3n) is 0.887. The quantitative estimate of drug-likeness (QED) is 0.414. The Balaban J connectivity index is 3.98. The van der Waals surface area contributed by atoms with Gasteiger partial charge in [0.1, 0.15) is 5.76 Å². The first-order valence-corrected chi connectivity index (χ1v) is 4.27. The van der Waals surface area contributed by atoms with Crippen LogP contribution in [0.5, 0.6) is 0 Å². The molecule has 0 saturated carbocycles. The number of carbonyl (C=O) groups excluding carboxylic acids is 1. The molecule has 3 heteroatoms. The molecule has 0 heterocycles. The zero-order chi connectivity index (χ0) is 8.69. The van der Waals surface area contributed by atoms with Crippen LogP contribution < -0.4 is 0 Å². The number of halogens is 1. The summed E-state index contributed by atoms with van der Waals surface area (Å²) in [4.78, 5) is 12.0. The molecule has 0 rings (SSSR count). The summed E-state index contributed by atoms with van der Waals surface area (Å²) in [5, 5.41) is 0. The van der Waals surface area contributed by atoms with Crippen molar-refractivity contribution in [3.05, 3.63) is 22.9 Å². The molecule has 0 fully saturated rings. The first-order chi connectivity index (χ1) is 5.20. The molecule has 0 aliphatic carbocycles. The van der Waals surface area contributed by atoms with Crippen molar-refractivity contribution in [1.29, 1.82) is 0 Å². The number of ether oxygens (including phenoxy) is 1. The minimum absolute atomic E-state index is 0.309. The van der Waals surface area contributed by atoms with Crippen LogP contribution in [0.4, 0.5) is 0 Å². The second-order valence-electron chi connectivity index (χ2n) is 1.92. The maximum absolute atomic E-state index is 10.5. The number of hydrogen-bond acceptors (Lipinski definition) is 2. The van der Waals surface area contributed by atoms with Crippen molar-refractivity contribution in [2.45, 2.75) is 20.3 Å². The van der Waals surface area contributed by atoms with Crippen molar-refractivity contribution in [3.63, 3.8) is 0 Å². The number of rotatable bonds is 3. The van der Waals surface area contributed by atoms with Crippen LogP contribution in [-0.4, -0.2) is 5.97 Å². The van der Waals surface area contributed by atoms with Crippen LogP contribution in [0.25, 0.3) is 0 Å². The van der Waals surface area contributed by atoms with Crippen LogP contribution in [-0.2, 0) is 9.53 Å². The van der Waals surface area contributed by atoms with E-state index in [-0.39, 0.29) is 5.97 Å². The molecular formula is C8H11BrO2. The molecule has 62 valence electrons. The topological polar surface area (TPSA) is 26.3 Å². The largest absolute Gasteiger partial charge is 0.426 e. The molecule has 0 amide bonds. The summed E-state index contributed by atoms with van der Waals surface area (Å²) >= 11 is 3.08. The van der Waals surface area contributed by atoms with Crippen LogP contribution in [0.1, 0.15) is 20.3 Å². The van der Waals surface area contributed by atoms with Crippen LogP contribution in [0.15, 0.2) is 22.9 Å². The lowest BCUT2D eigenvalue weighted by Crippen LogP contribution is -1.95. The number of hydrogen-bond donors (Lipinski definition) is 0. The lowest BCUT2D eigenvalue weighted by atomic mass is 10.4.